The topological polar surface area (TPSA) is 46.9 Å². The van der Waals surface area contributed by atoms with Gasteiger partial charge in [-0.1, -0.05) is 17.7 Å². The highest BCUT2D eigenvalue weighted by Gasteiger charge is 2.39. The van der Waals surface area contributed by atoms with E-state index in [1.54, 1.807) is 7.05 Å². The molecule has 0 amide bonds. The molecule has 132 valence electrons. The van der Waals surface area contributed by atoms with Gasteiger partial charge in [-0.3, -0.25) is 4.79 Å². The van der Waals surface area contributed by atoms with Crippen molar-refractivity contribution in [2.24, 2.45) is 7.05 Å². The molecule has 0 saturated carbocycles. The van der Waals surface area contributed by atoms with E-state index < -0.39 is 18.0 Å². The second-order valence-electron chi connectivity index (χ2n) is 4.61. The average Bonchev–Trinajstić information content (AvgIpc) is 2.47. The highest BCUT2D eigenvalue weighted by atomic mass is 35.5. The van der Waals surface area contributed by atoms with Gasteiger partial charge in [-0.2, -0.15) is 18.3 Å². The van der Waals surface area contributed by atoms with E-state index in [1.165, 1.54) is 16.9 Å². The molecular weight excluding hydrogens is 370 g/mol. The lowest BCUT2D eigenvalue weighted by Gasteiger charge is -2.19. The van der Waals surface area contributed by atoms with Crippen LogP contribution in [0.5, 0.6) is 0 Å². The smallest absolute Gasteiger partial charge is 0.306 e. The van der Waals surface area contributed by atoms with Gasteiger partial charge in [0.05, 0.1) is 11.2 Å². The van der Waals surface area contributed by atoms with Crippen LogP contribution in [0.4, 0.5) is 17.6 Å². The third kappa shape index (κ3) is 5.81. The van der Waals surface area contributed by atoms with E-state index in [9.17, 15) is 22.4 Å². The van der Waals surface area contributed by atoms with Gasteiger partial charge in [0.15, 0.2) is 0 Å². The van der Waals surface area contributed by atoms with Gasteiger partial charge >= 0.3 is 6.18 Å². The molecule has 0 aliphatic heterocycles. The molecule has 10 heteroatoms. The van der Waals surface area contributed by atoms with Crippen molar-refractivity contribution in [2.75, 3.05) is 7.05 Å². The van der Waals surface area contributed by atoms with Crippen molar-refractivity contribution in [3.63, 3.8) is 0 Å². The first-order valence-electron chi connectivity index (χ1n) is 6.47. The van der Waals surface area contributed by atoms with Crippen LogP contribution in [0, 0.1) is 5.82 Å². The molecule has 2 aromatic rings. The molecule has 1 aromatic carbocycles. The number of alkyl halides is 3. The van der Waals surface area contributed by atoms with Gasteiger partial charge < -0.3 is 5.32 Å². The molecular formula is C14H14ClF4N3OS. The van der Waals surface area contributed by atoms with Crippen molar-refractivity contribution in [1.29, 1.82) is 0 Å². The number of nitrogens with zero attached hydrogens (tertiary/aromatic N) is 2. The number of hydrogen-bond acceptors (Lipinski definition) is 4. The number of benzene rings is 1. The minimum Gasteiger partial charge on any atom is -0.306 e. The Morgan fingerprint density at radius 3 is 2.38 bits per heavy atom. The van der Waals surface area contributed by atoms with E-state index in [2.05, 4.69) is 23.0 Å². The summed E-state index contributed by atoms with van der Waals surface area (Å²) in [6.07, 6.45) is -2.94. The zero-order chi connectivity index (χ0) is 18.5. The van der Waals surface area contributed by atoms with Gasteiger partial charge in [-0.05, 0) is 24.7 Å². The maximum Gasteiger partial charge on any atom is 0.407 e. The van der Waals surface area contributed by atoms with Crippen LogP contribution in [0.3, 0.4) is 0 Å². The molecule has 0 fully saturated rings. The normalized spacial score (nSPS) is 12.3. The Bertz CT molecular complexity index is 752. The summed E-state index contributed by atoms with van der Waals surface area (Å²) in [5.74, 6) is -0.862. The molecule has 0 radical (unpaired) electrons. The van der Waals surface area contributed by atoms with Crippen molar-refractivity contribution < 1.29 is 17.6 Å². The molecule has 2 rings (SSSR count). The first-order valence-corrected chi connectivity index (χ1v) is 7.30. The maximum absolute atomic E-state index is 12.9. The standard InChI is InChI=1S/C9H8ClF4N.C5H6N2OS/c1-15-8(9(12,13)14)5-2-3-6(10)7(11)4-5;1-7-5(8)2-4(9)3-6-7/h2-4,8,15H,1H3;2-3,9H,1H3. The van der Waals surface area contributed by atoms with Crippen molar-refractivity contribution >= 4 is 24.2 Å². The summed E-state index contributed by atoms with van der Waals surface area (Å²) >= 11 is 9.29. The van der Waals surface area contributed by atoms with Crippen LogP contribution in [0.2, 0.25) is 5.02 Å². The Morgan fingerprint density at radius 2 is 1.96 bits per heavy atom. The molecule has 1 heterocycles. The first kappa shape index (κ1) is 20.5. The van der Waals surface area contributed by atoms with Gasteiger partial charge in [-0.15, -0.1) is 12.6 Å². The summed E-state index contributed by atoms with van der Waals surface area (Å²) in [6, 6.07) is 2.54. The molecule has 1 unspecified atom stereocenters. The molecule has 24 heavy (non-hydrogen) atoms. The lowest BCUT2D eigenvalue weighted by Crippen LogP contribution is -2.31. The van der Waals surface area contributed by atoms with Crippen LogP contribution < -0.4 is 10.9 Å². The van der Waals surface area contributed by atoms with Gasteiger partial charge in [0.1, 0.15) is 11.9 Å². The number of aryl methyl sites for hydroxylation is 1. The predicted molar refractivity (Wildman–Crippen MR) is 86.0 cm³/mol. The molecule has 0 saturated heterocycles. The van der Waals surface area contributed by atoms with Gasteiger partial charge in [-0.25, -0.2) is 9.07 Å². The monoisotopic (exact) mass is 383 g/mol. The van der Waals surface area contributed by atoms with Gasteiger partial charge in [0.25, 0.3) is 5.56 Å². The fraction of sp³-hybridized carbons (Fsp3) is 0.286. The first-order chi connectivity index (χ1) is 11.1. The van der Waals surface area contributed by atoms with Crippen molar-refractivity contribution in [2.45, 2.75) is 17.1 Å². The summed E-state index contributed by atoms with van der Waals surface area (Å²) in [4.78, 5) is 11.3. The number of halogens is 5. The molecule has 0 aliphatic rings. The minimum absolute atomic E-state index is 0.137. The largest absolute Gasteiger partial charge is 0.407 e. The van der Waals surface area contributed by atoms with E-state index in [0.29, 0.717) is 4.90 Å². The van der Waals surface area contributed by atoms with Gasteiger partial charge in [0, 0.05) is 18.0 Å². The maximum atomic E-state index is 12.9. The van der Waals surface area contributed by atoms with Crippen LogP contribution in [-0.2, 0) is 7.05 Å². The van der Waals surface area contributed by atoms with E-state index >= 15 is 0 Å². The van der Waals surface area contributed by atoms with Crippen molar-refractivity contribution in [3.05, 3.63) is 57.2 Å². The molecule has 0 bridgehead atoms. The SMILES string of the molecule is CNC(c1ccc(Cl)c(F)c1)C(F)(F)F.Cn1ncc(S)cc1=O. The Labute approximate surface area is 145 Å². The van der Waals surface area contributed by atoms with Gasteiger partial charge in [0.2, 0.25) is 0 Å². The van der Waals surface area contributed by atoms with Crippen molar-refractivity contribution in [3.8, 4) is 0 Å². The number of nitrogens with one attached hydrogen (secondary N) is 1. The molecule has 4 nitrogen and oxygen atoms in total. The zero-order valence-corrected chi connectivity index (χ0v) is 14.3. The van der Waals surface area contributed by atoms with Crippen molar-refractivity contribution in [1.82, 2.24) is 15.1 Å². The Hall–Kier alpha value is -1.58. The third-order valence-electron chi connectivity index (χ3n) is 2.85. The Balaban J connectivity index is 0.000000272. The average molecular weight is 384 g/mol. The molecule has 0 spiro atoms. The van der Waals surface area contributed by atoms with E-state index in [-0.39, 0.29) is 16.1 Å². The number of hydrogen-bond donors (Lipinski definition) is 2. The van der Waals surface area contributed by atoms with Crippen LogP contribution in [0.1, 0.15) is 11.6 Å². The minimum atomic E-state index is -4.46. The summed E-state index contributed by atoms with van der Waals surface area (Å²) < 4.78 is 51.4. The second-order valence-corrected chi connectivity index (χ2v) is 5.54. The fourth-order valence-electron chi connectivity index (χ4n) is 1.67. The summed E-state index contributed by atoms with van der Waals surface area (Å²) in [5, 5.41) is 5.58. The lowest BCUT2D eigenvalue weighted by atomic mass is 10.1. The van der Waals surface area contributed by atoms with Crippen LogP contribution in [0.25, 0.3) is 0 Å². The van der Waals surface area contributed by atoms with E-state index in [1.807, 2.05) is 0 Å². The number of aromatic nitrogens is 2. The molecule has 0 aliphatic carbocycles. The van der Waals surface area contributed by atoms with E-state index in [0.717, 1.165) is 25.2 Å². The summed E-state index contributed by atoms with van der Waals surface area (Å²) in [6.45, 7) is 0. The van der Waals surface area contributed by atoms with Crippen LogP contribution in [0.15, 0.2) is 40.2 Å². The molecule has 1 aromatic heterocycles. The Kier molecular flexibility index (Phi) is 7.25. The predicted octanol–water partition coefficient (Wildman–Crippen LogP) is 3.37. The molecule has 1 atom stereocenters. The lowest BCUT2D eigenvalue weighted by molar-refractivity contribution is -0.156. The Morgan fingerprint density at radius 1 is 1.33 bits per heavy atom. The van der Waals surface area contributed by atoms with Crippen LogP contribution in [-0.4, -0.2) is 23.0 Å². The number of rotatable bonds is 2. The third-order valence-corrected chi connectivity index (χ3v) is 3.40. The number of thiol groups is 1. The van der Waals surface area contributed by atoms with E-state index in [4.69, 9.17) is 11.6 Å². The zero-order valence-electron chi connectivity index (χ0n) is 12.6. The fourth-order valence-corrected chi connectivity index (χ4v) is 1.95. The highest BCUT2D eigenvalue weighted by Crippen LogP contribution is 2.33. The summed E-state index contributed by atoms with van der Waals surface area (Å²) in [5.41, 5.74) is -0.339. The highest BCUT2D eigenvalue weighted by molar-refractivity contribution is 7.80. The molecule has 1 N–H and O–H groups in total. The second kappa shape index (κ2) is 8.50. The van der Waals surface area contributed by atoms with Crippen LogP contribution >= 0.6 is 24.2 Å². The summed E-state index contributed by atoms with van der Waals surface area (Å²) in [7, 11) is 2.75. The quantitative estimate of drug-likeness (QED) is 0.617.